The number of rotatable bonds is 5. The molecule has 140 valence electrons. The first-order valence-corrected chi connectivity index (χ1v) is 9.12. The number of amides is 1. The second kappa shape index (κ2) is 7.95. The summed E-state index contributed by atoms with van der Waals surface area (Å²) in [6, 6.07) is 4.31. The number of benzene rings is 1. The summed E-state index contributed by atoms with van der Waals surface area (Å²) in [5, 5.41) is 15.1. The normalized spacial score (nSPS) is 15.4. The van der Waals surface area contributed by atoms with Gasteiger partial charge in [-0.1, -0.05) is 19.9 Å². The fourth-order valence-corrected chi connectivity index (χ4v) is 3.28. The maximum absolute atomic E-state index is 13.5. The molecular formula is C19H26FN5O. The average molecular weight is 359 g/mol. The smallest absolute Gasteiger partial charge is 0.225 e. The largest absolute Gasteiger partial charge is 0.346 e. The monoisotopic (exact) mass is 359 g/mol. The maximum atomic E-state index is 13.5. The topological polar surface area (TPSA) is 71.8 Å². The van der Waals surface area contributed by atoms with Crippen LogP contribution in [0.5, 0.6) is 0 Å². The highest BCUT2D eigenvalue weighted by molar-refractivity contribution is 5.79. The molecule has 2 heterocycles. The maximum Gasteiger partial charge on any atom is 0.225 e. The minimum Gasteiger partial charge on any atom is -0.346 e. The van der Waals surface area contributed by atoms with Crippen LogP contribution >= 0.6 is 0 Å². The molecule has 2 aromatic rings. The van der Waals surface area contributed by atoms with E-state index in [4.69, 9.17) is 0 Å². The molecule has 2 N–H and O–H groups in total. The molecule has 6 nitrogen and oxygen atoms in total. The Morgan fingerprint density at radius 2 is 2.15 bits per heavy atom. The SMILES string of the molecule is Cc1ccc(F)cc1CC(=O)N[C@@H](c1nnc2n1CCNCC2)C(C)C. The molecule has 0 spiro atoms. The molecule has 1 aliphatic rings. The molecule has 7 heteroatoms. The van der Waals surface area contributed by atoms with Gasteiger partial charge in [-0.05, 0) is 36.1 Å². The van der Waals surface area contributed by atoms with E-state index in [1.165, 1.54) is 12.1 Å². The first-order chi connectivity index (χ1) is 12.5. The van der Waals surface area contributed by atoms with Crippen LogP contribution in [-0.4, -0.2) is 33.8 Å². The third-order valence-corrected chi connectivity index (χ3v) is 4.82. The van der Waals surface area contributed by atoms with Crippen molar-refractivity contribution in [1.29, 1.82) is 0 Å². The van der Waals surface area contributed by atoms with Crippen molar-refractivity contribution in [2.75, 3.05) is 13.1 Å². The number of nitrogens with zero attached hydrogens (tertiary/aromatic N) is 3. The van der Waals surface area contributed by atoms with Crippen LogP contribution in [0.4, 0.5) is 4.39 Å². The van der Waals surface area contributed by atoms with Crippen LogP contribution in [0.2, 0.25) is 0 Å². The van der Waals surface area contributed by atoms with E-state index >= 15 is 0 Å². The second-order valence-electron chi connectivity index (χ2n) is 7.16. The Morgan fingerprint density at radius 3 is 2.92 bits per heavy atom. The van der Waals surface area contributed by atoms with E-state index in [2.05, 4.69) is 39.2 Å². The van der Waals surface area contributed by atoms with Crippen molar-refractivity contribution in [3.63, 3.8) is 0 Å². The highest BCUT2D eigenvalue weighted by atomic mass is 19.1. The summed E-state index contributed by atoms with van der Waals surface area (Å²) in [6.07, 6.45) is 0.976. The van der Waals surface area contributed by atoms with Gasteiger partial charge in [-0.25, -0.2) is 4.39 Å². The quantitative estimate of drug-likeness (QED) is 0.856. The van der Waals surface area contributed by atoms with Crippen molar-refractivity contribution in [2.45, 2.75) is 46.2 Å². The number of hydrogen-bond donors (Lipinski definition) is 2. The Bertz CT molecular complexity index is 786. The van der Waals surface area contributed by atoms with E-state index in [1.807, 2.05) is 6.92 Å². The standard InChI is InChI=1S/C19H26FN5O/c1-12(2)18(19-24-23-16-6-7-21-8-9-25(16)19)22-17(26)11-14-10-15(20)5-4-13(14)3/h4-5,10,12,18,21H,6-9,11H2,1-3H3,(H,22,26)/t18-/m1/s1. The van der Waals surface area contributed by atoms with E-state index < -0.39 is 0 Å². The number of aromatic nitrogens is 3. The van der Waals surface area contributed by atoms with Crippen molar-refractivity contribution in [3.05, 3.63) is 46.8 Å². The number of nitrogens with one attached hydrogen (secondary N) is 2. The van der Waals surface area contributed by atoms with Gasteiger partial charge in [0, 0.05) is 26.1 Å². The number of carbonyl (C=O) groups excluding carboxylic acids is 1. The third-order valence-electron chi connectivity index (χ3n) is 4.82. The number of fused-ring (bicyclic) bond motifs is 1. The Hall–Kier alpha value is -2.28. The summed E-state index contributed by atoms with van der Waals surface area (Å²) in [5.41, 5.74) is 1.61. The van der Waals surface area contributed by atoms with Crippen molar-refractivity contribution in [3.8, 4) is 0 Å². The molecule has 0 fully saturated rings. The molecule has 1 aliphatic heterocycles. The molecular weight excluding hydrogens is 333 g/mol. The molecule has 1 aromatic heterocycles. The zero-order chi connectivity index (χ0) is 18.7. The molecule has 0 saturated heterocycles. The molecule has 0 radical (unpaired) electrons. The van der Waals surface area contributed by atoms with Crippen molar-refractivity contribution < 1.29 is 9.18 Å². The van der Waals surface area contributed by atoms with Gasteiger partial charge < -0.3 is 15.2 Å². The Balaban J connectivity index is 1.78. The molecule has 0 saturated carbocycles. The summed E-state index contributed by atoms with van der Waals surface area (Å²) in [7, 11) is 0. The highest BCUT2D eigenvalue weighted by Crippen LogP contribution is 2.22. The van der Waals surface area contributed by atoms with Crippen LogP contribution in [0, 0.1) is 18.7 Å². The van der Waals surface area contributed by atoms with Crippen molar-refractivity contribution >= 4 is 5.91 Å². The first-order valence-electron chi connectivity index (χ1n) is 9.12. The molecule has 0 unspecified atom stereocenters. The third kappa shape index (κ3) is 4.09. The van der Waals surface area contributed by atoms with Gasteiger partial charge in [-0.15, -0.1) is 10.2 Å². The predicted molar refractivity (Wildman–Crippen MR) is 97.2 cm³/mol. The van der Waals surface area contributed by atoms with E-state index in [0.717, 1.165) is 43.3 Å². The Kier molecular flexibility index (Phi) is 5.66. The Labute approximate surface area is 153 Å². The number of hydrogen-bond acceptors (Lipinski definition) is 4. The van der Waals surface area contributed by atoms with Gasteiger partial charge in [-0.3, -0.25) is 4.79 Å². The number of aryl methyl sites for hydroxylation is 1. The van der Waals surface area contributed by atoms with E-state index in [9.17, 15) is 9.18 Å². The summed E-state index contributed by atoms with van der Waals surface area (Å²) in [5.74, 6) is 1.45. The van der Waals surface area contributed by atoms with Gasteiger partial charge >= 0.3 is 0 Å². The van der Waals surface area contributed by atoms with Crippen LogP contribution in [0.15, 0.2) is 18.2 Å². The minimum atomic E-state index is -0.325. The average Bonchev–Trinajstić information content (AvgIpc) is 2.83. The van der Waals surface area contributed by atoms with Gasteiger partial charge in [0.2, 0.25) is 5.91 Å². The van der Waals surface area contributed by atoms with Crippen molar-refractivity contribution in [2.24, 2.45) is 5.92 Å². The first kappa shape index (κ1) is 18.5. The van der Waals surface area contributed by atoms with Crippen LogP contribution in [-0.2, 0) is 24.2 Å². The lowest BCUT2D eigenvalue weighted by molar-refractivity contribution is -0.121. The number of carbonyl (C=O) groups is 1. The summed E-state index contributed by atoms with van der Waals surface area (Å²) < 4.78 is 15.6. The molecule has 3 rings (SSSR count). The second-order valence-corrected chi connectivity index (χ2v) is 7.16. The lowest BCUT2D eigenvalue weighted by Gasteiger charge is -2.23. The zero-order valence-electron chi connectivity index (χ0n) is 15.6. The van der Waals surface area contributed by atoms with E-state index in [1.54, 1.807) is 6.07 Å². The van der Waals surface area contributed by atoms with E-state index in [0.29, 0.717) is 5.56 Å². The van der Waals surface area contributed by atoms with Crippen LogP contribution in [0.3, 0.4) is 0 Å². The lowest BCUT2D eigenvalue weighted by atomic mass is 10.0. The molecule has 0 bridgehead atoms. The highest BCUT2D eigenvalue weighted by Gasteiger charge is 2.26. The summed E-state index contributed by atoms with van der Waals surface area (Å²) >= 11 is 0. The predicted octanol–water partition coefficient (Wildman–Crippen LogP) is 1.93. The molecule has 1 amide bonds. The summed E-state index contributed by atoms with van der Waals surface area (Å²) in [6.45, 7) is 8.52. The minimum absolute atomic E-state index is 0.138. The van der Waals surface area contributed by atoms with Crippen molar-refractivity contribution in [1.82, 2.24) is 25.4 Å². The Morgan fingerprint density at radius 1 is 1.35 bits per heavy atom. The molecule has 1 aromatic carbocycles. The molecule has 26 heavy (non-hydrogen) atoms. The summed E-state index contributed by atoms with van der Waals surface area (Å²) in [4.78, 5) is 12.6. The molecule has 1 atom stereocenters. The zero-order valence-corrected chi connectivity index (χ0v) is 15.6. The van der Waals surface area contributed by atoms with Gasteiger partial charge in [0.05, 0.1) is 12.5 Å². The number of halogens is 1. The molecule has 0 aliphatic carbocycles. The lowest BCUT2D eigenvalue weighted by Crippen LogP contribution is -2.35. The van der Waals surface area contributed by atoms with Gasteiger partial charge in [0.25, 0.3) is 0 Å². The van der Waals surface area contributed by atoms with Gasteiger partial charge in [0.15, 0.2) is 5.82 Å². The fourth-order valence-electron chi connectivity index (χ4n) is 3.28. The van der Waals surface area contributed by atoms with E-state index in [-0.39, 0.29) is 30.1 Å². The van der Waals surface area contributed by atoms with Crippen LogP contribution in [0.25, 0.3) is 0 Å². The van der Waals surface area contributed by atoms with Gasteiger partial charge in [0.1, 0.15) is 11.6 Å². The fraction of sp³-hybridized carbons (Fsp3) is 0.526. The van der Waals surface area contributed by atoms with Gasteiger partial charge in [-0.2, -0.15) is 0 Å². The van der Waals surface area contributed by atoms with Crippen LogP contribution in [0.1, 0.15) is 42.7 Å². The van der Waals surface area contributed by atoms with Crippen LogP contribution < -0.4 is 10.6 Å².